The van der Waals surface area contributed by atoms with Crippen LogP contribution in [0.15, 0.2) is 18.2 Å². The van der Waals surface area contributed by atoms with E-state index in [0.29, 0.717) is 22.0 Å². The number of carboxylic acids is 1. The number of rotatable bonds is 2. The third-order valence-electron chi connectivity index (χ3n) is 2.96. The molecule has 0 unspecified atom stereocenters. The number of aromatic nitrogens is 3. The maximum absolute atomic E-state index is 10.9. The Morgan fingerprint density at radius 1 is 1.56 bits per heavy atom. The van der Waals surface area contributed by atoms with Crippen LogP contribution in [-0.2, 0) is 11.2 Å². The molecule has 0 bridgehead atoms. The van der Waals surface area contributed by atoms with E-state index in [-0.39, 0.29) is 6.42 Å². The average Bonchev–Trinajstić information content (AvgIpc) is 2.78. The van der Waals surface area contributed by atoms with E-state index in [0.717, 1.165) is 11.2 Å². The fraction of sp³-hybridized carbons (Fsp3) is 0.167. The van der Waals surface area contributed by atoms with Crippen molar-refractivity contribution in [2.24, 2.45) is 0 Å². The standard InChI is InChI=1S/C12H10ClN3O2/c1-6-9(5-10(17)18)16-8-4-2-3-7(13)11(8)15-12(16)14-6/h2-4H,5H2,1H3,(H,14,15)(H,17,18). The summed E-state index contributed by atoms with van der Waals surface area (Å²) in [5.41, 5.74) is 3.00. The number of aryl methyl sites for hydroxylation is 1. The number of hydrogen-bond acceptors (Lipinski definition) is 2. The van der Waals surface area contributed by atoms with E-state index in [1.54, 1.807) is 6.07 Å². The van der Waals surface area contributed by atoms with Crippen LogP contribution in [0.5, 0.6) is 0 Å². The summed E-state index contributed by atoms with van der Waals surface area (Å²) in [6.45, 7) is 1.84. The van der Waals surface area contributed by atoms with Crippen LogP contribution in [0, 0.1) is 6.92 Å². The molecular weight excluding hydrogens is 254 g/mol. The first-order valence-corrected chi connectivity index (χ1v) is 5.81. The molecule has 0 aliphatic rings. The van der Waals surface area contributed by atoms with Crippen LogP contribution in [0.1, 0.15) is 11.4 Å². The molecule has 5 nitrogen and oxygen atoms in total. The normalized spacial score (nSPS) is 11.4. The zero-order chi connectivity index (χ0) is 12.9. The van der Waals surface area contributed by atoms with Gasteiger partial charge in [-0.05, 0) is 19.1 Å². The van der Waals surface area contributed by atoms with Crippen molar-refractivity contribution in [3.63, 3.8) is 0 Å². The lowest BCUT2D eigenvalue weighted by Gasteiger charge is -1.99. The summed E-state index contributed by atoms with van der Waals surface area (Å²) in [6, 6.07) is 5.46. The fourth-order valence-corrected chi connectivity index (χ4v) is 2.40. The minimum absolute atomic E-state index is 0.0518. The number of imidazole rings is 2. The molecule has 3 rings (SSSR count). The minimum Gasteiger partial charge on any atom is -0.481 e. The van der Waals surface area contributed by atoms with Gasteiger partial charge in [0.25, 0.3) is 0 Å². The van der Waals surface area contributed by atoms with Gasteiger partial charge in [0.2, 0.25) is 5.78 Å². The number of H-pyrrole nitrogens is 1. The van der Waals surface area contributed by atoms with Crippen molar-refractivity contribution < 1.29 is 9.90 Å². The van der Waals surface area contributed by atoms with E-state index >= 15 is 0 Å². The first-order chi connectivity index (χ1) is 8.58. The van der Waals surface area contributed by atoms with Crippen molar-refractivity contribution in [2.75, 3.05) is 0 Å². The van der Waals surface area contributed by atoms with E-state index in [1.165, 1.54) is 0 Å². The lowest BCUT2D eigenvalue weighted by Crippen LogP contribution is -2.04. The van der Waals surface area contributed by atoms with Gasteiger partial charge in [-0.25, -0.2) is 4.98 Å². The van der Waals surface area contributed by atoms with Crippen LogP contribution in [0.2, 0.25) is 5.02 Å². The summed E-state index contributed by atoms with van der Waals surface area (Å²) in [4.78, 5) is 18.4. The van der Waals surface area contributed by atoms with Crippen LogP contribution >= 0.6 is 11.6 Å². The third kappa shape index (κ3) is 1.48. The highest BCUT2D eigenvalue weighted by Crippen LogP contribution is 2.26. The van der Waals surface area contributed by atoms with Gasteiger partial charge in [0.15, 0.2) is 0 Å². The van der Waals surface area contributed by atoms with Gasteiger partial charge in [-0.1, -0.05) is 17.7 Å². The molecule has 6 heteroatoms. The number of carbonyl (C=O) groups is 1. The summed E-state index contributed by atoms with van der Waals surface area (Å²) in [6.07, 6.45) is -0.0518. The Hall–Kier alpha value is -2.01. The number of halogens is 1. The Labute approximate surface area is 107 Å². The molecule has 2 heterocycles. The van der Waals surface area contributed by atoms with E-state index in [2.05, 4.69) is 9.97 Å². The number of aliphatic carboxylic acids is 1. The molecule has 0 radical (unpaired) electrons. The van der Waals surface area contributed by atoms with E-state index in [1.807, 2.05) is 23.5 Å². The Morgan fingerprint density at radius 2 is 2.33 bits per heavy atom. The van der Waals surface area contributed by atoms with Crippen LogP contribution < -0.4 is 0 Å². The Morgan fingerprint density at radius 3 is 3.06 bits per heavy atom. The number of aromatic amines is 1. The number of benzene rings is 1. The van der Waals surface area contributed by atoms with Gasteiger partial charge < -0.3 is 10.1 Å². The molecule has 0 amide bonds. The van der Waals surface area contributed by atoms with Crippen molar-refractivity contribution in [1.82, 2.24) is 14.4 Å². The topological polar surface area (TPSA) is 70.4 Å². The molecule has 0 saturated carbocycles. The fourth-order valence-electron chi connectivity index (χ4n) is 2.18. The van der Waals surface area contributed by atoms with Crippen LogP contribution in [-0.4, -0.2) is 25.4 Å². The summed E-state index contributed by atoms with van der Waals surface area (Å²) < 4.78 is 1.81. The molecule has 2 N–H and O–H groups in total. The maximum Gasteiger partial charge on any atom is 0.309 e. The van der Waals surface area contributed by atoms with Crippen molar-refractivity contribution >= 4 is 34.4 Å². The van der Waals surface area contributed by atoms with Crippen LogP contribution in [0.3, 0.4) is 0 Å². The number of carboxylic acid groups (broad SMARTS) is 1. The molecule has 0 saturated heterocycles. The Balaban J connectivity index is 2.41. The molecule has 2 aromatic heterocycles. The molecule has 0 fully saturated rings. The molecule has 3 aromatic rings. The number of nitrogens with one attached hydrogen (secondary N) is 1. The van der Waals surface area contributed by atoms with Gasteiger partial charge >= 0.3 is 5.97 Å². The molecule has 0 aliphatic carbocycles. The van der Waals surface area contributed by atoms with Gasteiger partial charge in [-0.15, -0.1) is 0 Å². The number of para-hydroxylation sites is 1. The lowest BCUT2D eigenvalue weighted by molar-refractivity contribution is -0.136. The molecule has 1 aromatic carbocycles. The van der Waals surface area contributed by atoms with Gasteiger partial charge in [-0.3, -0.25) is 9.20 Å². The lowest BCUT2D eigenvalue weighted by atomic mass is 10.2. The third-order valence-corrected chi connectivity index (χ3v) is 3.26. The summed E-state index contributed by atoms with van der Waals surface area (Å²) in [5.74, 6) is -0.255. The summed E-state index contributed by atoms with van der Waals surface area (Å²) in [5, 5.41) is 9.52. The van der Waals surface area contributed by atoms with Crippen molar-refractivity contribution in [1.29, 1.82) is 0 Å². The molecule has 18 heavy (non-hydrogen) atoms. The second-order valence-electron chi connectivity index (χ2n) is 4.15. The summed E-state index contributed by atoms with van der Waals surface area (Å²) >= 11 is 6.08. The van der Waals surface area contributed by atoms with Gasteiger partial charge in [0, 0.05) is 5.69 Å². The average molecular weight is 264 g/mol. The highest BCUT2D eigenvalue weighted by Gasteiger charge is 2.16. The largest absolute Gasteiger partial charge is 0.481 e. The quantitative estimate of drug-likeness (QED) is 0.746. The Bertz CT molecular complexity index is 772. The Kier molecular flexibility index (Phi) is 2.31. The van der Waals surface area contributed by atoms with Crippen LogP contribution in [0.4, 0.5) is 0 Å². The van der Waals surface area contributed by atoms with E-state index in [9.17, 15) is 4.79 Å². The van der Waals surface area contributed by atoms with Gasteiger partial charge in [0.1, 0.15) is 5.52 Å². The zero-order valence-electron chi connectivity index (χ0n) is 9.57. The molecular formula is C12H10ClN3O2. The minimum atomic E-state index is -0.872. The van der Waals surface area contributed by atoms with Crippen molar-refractivity contribution in [2.45, 2.75) is 13.3 Å². The number of hydrogen-bond donors (Lipinski definition) is 2. The molecule has 0 spiro atoms. The first-order valence-electron chi connectivity index (χ1n) is 5.44. The maximum atomic E-state index is 10.9. The number of nitrogens with zero attached hydrogens (tertiary/aromatic N) is 2. The second-order valence-corrected chi connectivity index (χ2v) is 4.55. The van der Waals surface area contributed by atoms with Crippen LogP contribution in [0.25, 0.3) is 16.8 Å². The highest BCUT2D eigenvalue weighted by molar-refractivity contribution is 6.35. The van der Waals surface area contributed by atoms with E-state index in [4.69, 9.17) is 16.7 Å². The predicted molar refractivity (Wildman–Crippen MR) is 68.1 cm³/mol. The second kappa shape index (κ2) is 3.74. The molecule has 0 aliphatic heterocycles. The van der Waals surface area contributed by atoms with Crippen molar-refractivity contribution in [3.8, 4) is 0 Å². The highest BCUT2D eigenvalue weighted by atomic mass is 35.5. The zero-order valence-corrected chi connectivity index (χ0v) is 10.3. The van der Waals surface area contributed by atoms with Crippen molar-refractivity contribution in [3.05, 3.63) is 34.6 Å². The predicted octanol–water partition coefficient (Wildman–Crippen LogP) is 2.40. The smallest absolute Gasteiger partial charge is 0.309 e. The van der Waals surface area contributed by atoms with E-state index < -0.39 is 5.97 Å². The monoisotopic (exact) mass is 263 g/mol. The first kappa shape index (κ1) is 11.1. The molecule has 92 valence electrons. The summed E-state index contributed by atoms with van der Waals surface area (Å²) in [7, 11) is 0. The van der Waals surface area contributed by atoms with Gasteiger partial charge in [0.05, 0.1) is 22.7 Å². The van der Waals surface area contributed by atoms with Gasteiger partial charge in [-0.2, -0.15) is 0 Å². The number of fused-ring (bicyclic) bond motifs is 3. The SMILES string of the molecule is Cc1[nH]c2nc3c(Cl)cccc3n2c1CC(=O)O. The molecule has 0 atom stereocenters.